The van der Waals surface area contributed by atoms with Gasteiger partial charge in [-0.25, -0.2) is 5.43 Å². The molecule has 1 rings (SSSR count). The zero-order valence-electron chi connectivity index (χ0n) is 12.4. The van der Waals surface area contributed by atoms with Crippen LogP contribution in [0.5, 0.6) is 5.75 Å². The van der Waals surface area contributed by atoms with Crippen molar-refractivity contribution >= 4 is 24.0 Å². The lowest BCUT2D eigenvalue weighted by Crippen LogP contribution is -2.39. The number of rotatable bonds is 8. The number of nitrogens with zero attached hydrogens (tertiary/aromatic N) is 1. The summed E-state index contributed by atoms with van der Waals surface area (Å²) in [6.07, 6.45) is 1.32. The molecule has 0 heterocycles. The van der Waals surface area contributed by atoms with Crippen molar-refractivity contribution in [2.24, 2.45) is 5.10 Å². The molecule has 0 aliphatic carbocycles. The summed E-state index contributed by atoms with van der Waals surface area (Å²) in [6, 6.07) is 6.25. The van der Waals surface area contributed by atoms with Crippen LogP contribution in [0.4, 0.5) is 0 Å². The fraction of sp³-hybridized carbons (Fsp3) is 0.286. The van der Waals surface area contributed by atoms with E-state index >= 15 is 0 Å². The summed E-state index contributed by atoms with van der Waals surface area (Å²) in [5.74, 6) is -2.67. The van der Waals surface area contributed by atoms with Gasteiger partial charge in [-0.15, -0.1) is 0 Å². The number of amides is 2. The van der Waals surface area contributed by atoms with Gasteiger partial charge >= 0.3 is 11.8 Å². The van der Waals surface area contributed by atoms with E-state index < -0.39 is 24.4 Å². The van der Waals surface area contributed by atoms with E-state index in [4.69, 9.17) is 9.47 Å². The van der Waals surface area contributed by atoms with Crippen molar-refractivity contribution < 1.29 is 29.0 Å². The van der Waals surface area contributed by atoms with Gasteiger partial charge in [-0.3, -0.25) is 9.59 Å². The second-order valence-electron chi connectivity index (χ2n) is 4.18. The third kappa shape index (κ3) is 7.58. The van der Waals surface area contributed by atoms with Crippen molar-refractivity contribution in [3.63, 3.8) is 0 Å². The molecule has 9 heteroatoms. The van der Waals surface area contributed by atoms with E-state index in [1.807, 2.05) is 0 Å². The Morgan fingerprint density at radius 2 is 1.91 bits per heavy atom. The van der Waals surface area contributed by atoms with E-state index in [-0.39, 0.29) is 6.54 Å². The van der Waals surface area contributed by atoms with Crippen molar-refractivity contribution in [1.82, 2.24) is 10.7 Å². The van der Waals surface area contributed by atoms with Gasteiger partial charge in [-0.1, -0.05) is 0 Å². The molecule has 0 radical (unpaired) electrons. The molecule has 9 nitrogen and oxygen atoms in total. The molecule has 2 N–H and O–H groups in total. The van der Waals surface area contributed by atoms with Gasteiger partial charge in [0.25, 0.3) is 0 Å². The summed E-state index contributed by atoms with van der Waals surface area (Å²) in [5.41, 5.74) is 2.69. The maximum Gasteiger partial charge on any atom is 0.329 e. The van der Waals surface area contributed by atoms with Crippen molar-refractivity contribution in [2.75, 3.05) is 26.9 Å². The number of ether oxygens (including phenoxy) is 2. The quantitative estimate of drug-likeness (QED) is 0.247. The molecule has 0 unspecified atom stereocenters. The molecule has 0 bridgehead atoms. The lowest BCUT2D eigenvalue weighted by Gasteiger charge is -2.06. The number of carbonyl (C=O) groups excluding carboxylic acids is 3. The van der Waals surface area contributed by atoms with Crippen LogP contribution in [-0.4, -0.2) is 50.9 Å². The summed E-state index contributed by atoms with van der Waals surface area (Å²) in [7, 11) is 1.48. The number of aliphatic carboxylic acids is 1. The average Bonchev–Trinajstić information content (AvgIpc) is 2.54. The van der Waals surface area contributed by atoms with E-state index in [1.165, 1.54) is 25.5 Å². The first-order valence-electron chi connectivity index (χ1n) is 6.56. The molecule has 1 aromatic carbocycles. The summed E-state index contributed by atoms with van der Waals surface area (Å²) in [4.78, 5) is 32.9. The van der Waals surface area contributed by atoms with E-state index in [0.29, 0.717) is 17.9 Å². The van der Waals surface area contributed by atoms with Crippen LogP contribution < -0.4 is 20.6 Å². The number of hydrazone groups is 1. The molecular formula is C14H16N3O6-. The third-order valence-electron chi connectivity index (χ3n) is 2.41. The average molecular weight is 322 g/mol. The highest BCUT2D eigenvalue weighted by Crippen LogP contribution is 2.10. The zero-order chi connectivity index (χ0) is 17.1. The van der Waals surface area contributed by atoms with Crippen LogP contribution in [0.2, 0.25) is 0 Å². The fourth-order valence-electron chi connectivity index (χ4n) is 1.36. The highest BCUT2D eigenvalue weighted by atomic mass is 16.5. The topological polar surface area (TPSA) is 129 Å². The van der Waals surface area contributed by atoms with E-state index in [1.54, 1.807) is 12.1 Å². The van der Waals surface area contributed by atoms with Crippen LogP contribution in [0.25, 0.3) is 0 Å². The van der Waals surface area contributed by atoms with Crippen LogP contribution in [0.3, 0.4) is 0 Å². The van der Waals surface area contributed by atoms with Crippen molar-refractivity contribution in [2.45, 2.75) is 0 Å². The first-order valence-corrected chi connectivity index (χ1v) is 6.56. The molecule has 0 saturated carbocycles. The number of carbonyl (C=O) groups is 3. The fourth-order valence-corrected chi connectivity index (χ4v) is 1.36. The van der Waals surface area contributed by atoms with E-state index in [9.17, 15) is 19.5 Å². The lowest BCUT2D eigenvalue weighted by molar-refractivity contribution is -0.307. The maximum atomic E-state index is 11.4. The van der Waals surface area contributed by atoms with Crippen LogP contribution >= 0.6 is 0 Å². The highest BCUT2D eigenvalue weighted by molar-refractivity contribution is 6.35. The Balaban J connectivity index is 2.40. The Kier molecular flexibility index (Phi) is 7.79. The van der Waals surface area contributed by atoms with Crippen LogP contribution in [0.1, 0.15) is 5.56 Å². The van der Waals surface area contributed by atoms with Gasteiger partial charge < -0.3 is 24.7 Å². The second kappa shape index (κ2) is 9.90. The van der Waals surface area contributed by atoms with Gasteiger partial charge in [0.05, 0.1) is 18.8 Å². The standard InChI is InChI=1S/C14H17N3O6/c1-22-7-6-15-13(20)14(21)17-16-8-10-2-4-11(5-3-10)23-9-12(18)19/h2-5,8H,6-7,9H2,1H3,(H,15,20)(H,17,21)(H,18,19)/p-1/b16-8-. The molecule has 0 aliphatic rings. The molecule has 23 heavy (non-hydrogen) atoms. The van der Waals surface area contributed by atoms with Gasteiger partial charge in [-0.2, -0.15) is 5.10 Å². The van der Waals surface area contributed by atoms with Crippen LogP contribution in [0.15, 0.2) is 29.4 Å². The summed E-state index contributed by atoms with van der Waals surface area (Å²) < 4.78 is 9.63. The van der Waals surface area contributed by atoms with Crippen LogP contribution in [-0.2, 0) is 19.1 Å². The van der Waals surface area contributed by atoms with Gasteiger partial charge in [0.2, 0.25) is 0 Å². The van der Waals surface area contributed by atoms with Gasteiger partial charge in [0.15, 0.2) is 0 Å². The molecule has 0 spiro atoms. The lowest BCUT2D eigenvalue weighted by atomic mass is 10.2. The number of methoxy groups -OCH3 is 1. The molecule has 1 aromatic rings. The third-order valence-corrected chi connectivity index (χ3v) is 2.41. The molecule has 0 aromatic heterocycles. The number of carboxylic acid groups (broad SMARTS) is 1. The minimum atomic E-state index is -1.32. The summed E-state index contributed by atoms with van der Waals surface area (Å²) in [5, 5.41) is 16.2. The predicted molar refractivity (Wildman–Crippen MR) is 77.6 cm³/mol. The van der Waals surface area contributed by atoms with Gasteiger partial charge in [0, 0.05) is 13.7 Å². The van der Waals surface area contributed by atoms with Crippen molar-refractivity contribution in [3.8, 4) is 5.75 Å². The Morgan fingerprint density at radius 1 is 1.22 bits per heavy atom. The first-order chi connectivity index (χ1) is 11.0. The Labute approximate surface area is 132 Å². The first kappa shape index (κ1) is 18.1. The maximum absolute atomic E-state index is 11.4. The Hall–Kier alpha value is -2.94. The van der Waals surface area contributed by atoms with Crippen LogP contribution in [0, 0.1) is 0 Å². The van der Waals surface area contributed by atoms with Gasteiger partial charge in [-0.05, 0) is 29.8 Å². The Morgan fingerprint density at radius 3 is 2.52 bits per heavy atom. The molecule has 124 valence electrons. The number of nitrogens with one attached hydrogen (secondary N) is 2. The molecular weight excluding hydrogens is 306 g/mol. The molecule has 0 saturated heterocycles. The molecule has 0 atom stereocenters. The summed E-state index contributed by atoms with van der Waals surface area (Å²) in [6.45, 7) is -0.0177. The molecule has 2 amide bonds. The molecule has 0 fully saturated rings. The minimum absolute atomic E-state index is 0.222. The number of hydrogen-bond donors (Lipinski definition) is 2. The summed E-state index contributed by atoms with van der Waals surface area (Å²) >= 11 is 0. The van der Waals surface area contributed by atoms with E-state index in [2.05, 4.69) is 15.8 Å². The number of carboxylic acids is 1. The minimum Gasteiger partial charge on any atom is -0.546 e. The largest absolute Gasteiger partial charge is 0.546 e. The predicted octanol–water partition coefficient (Wildman–Crippen LogP) is -1.97. The van der Waals surface area contributed by atoms with Crippen molar-refractivity contribution in [3.05, 3.63) is 29.8 Å². The highest BCUT2D eigenvalue weighted by Gasteiger charge is 2.10. The number of hydrogen-bond acceptors (Lipinski definition) is 7. The number of benzene rings is 1. The molecule has 0 aliphatic heterocycles. The second-order valence-corrected chi connectivity index (χ2v) is 4.18. The monoisotopic (exact) mass is 322 g/mol. The van der Waals surface area contributed by atoms with E-state index in [0.717, 1.165) is 0 Å². The van der Waals surface area contributed by atoms with Gasteiger partial charge in [0.1, 0.15) is 12.4 Å². The normalized spacial score (nSPS) is 10.3. The SMILES string of the molecule is COCCNC(=O)C(=O)N/N=C\c1ccc(OCC(=O)[O-])cc1. The smallest absolute Gasteiger partial charge is 0.329 e. The van der Waals surface area contributed by atoms with Crippen molar-refractivity contribution in [1.29, 1.82) is 0 Å². The zero-order valence-corrected chi connectivity index (χ0v) is 12.4. The Bertz CT molecular complexity index is 570.